The first-order valence-corrected chi connectivity index (χ1v) is 15.4. The number of ether oxygens (including phenoxy) is 1. The van der Waals surface area contributed by atoms with E-state index >= 15 is 0 Å². The standard InChI is InChI=1S/C32H41N3O5S/c1-6-25(4)33-32(37)30(7-2)34(21-20-26-12-9-8-10-13-26)31(36)23-35(27-14-11-15-28(22-27)40-5)41(38,39)29-18-16-24(3)17-19-29/h8-19,22,25,30H,6-7,20-21,23H2,1-5H3,(H,33,37)/t25-,30-/m1/s1. The molecule has 0 aliphatic carbocycles. The number of nitrogens with zero attached hydrogens (tertiary/aromatic N) is 2. The molecule has 220 valence electrons. The molecule has 41 heavy (non-hydrogen) atoms. The largest absolute Gasteiger partial charge is 0.497 e. The molecule has 0 heterocycles. The quantitative estimate of drug-likeness (QED) is 0.291. The SMILES string of the molecule is CC[C@@H](C)NC(=O)[C@@H](CC)N(CCc1ccccc1)C(=O)CN(c1cccc(OC)c1)S(=O)(=O)c1ccc(C)cc1. The van der Waals surface area contributed by atoms with Gasteiger partial charge in [-0.1, -0.05) is 67.9 Å². The van der Waals surface area contributed by atoms with E-state index < -0.39 is 28.5 Å². The van der Waals surface area contributed by atoms with E-state index in [1.807, 2.05) is 58.0 Å². The Balaban J connectivity index is 2.03. The van der Waals surface area contributed by atoms with E-state index in [9.17, 15) is 18.0 Å². The predicted octanol–water partition coefficient (Wildman–Crippen LogP) is 4.96. The molecule has 8 nitrogen and oxygen atoms in total. The zero-order valence-corrected chi connectivity index (χ0v) is 25.4. The maximum Gasteiger partial charge on any atom is 0.264 e. The number of benzene rings is 3. The van der Waals surface area contributed by atoms with Crippen LogP contribution in [0, 0.1) is 6.92 Å². The highest BCUT2D eigenvalue weighted by molar-refractivity contribution is 7.92. The minimum Gasteiger partial charge on any atom is -0.497 e. The van der Waals surface area contributed by atoms with Crippen molar-refractivity contribution in [2.24, 2.45) is 0 Å². The van der Waals surface area contributed by atoms with Crippen LogP contribution in [0.1, 0.15) is 44.7 Å². The summed E-state index contributed by atoms with van der Waals surface area (Å²) in [5, 5.41) is 2.99. The number of hydrogen-bond donors (Lipinski definition) is 1. The highest BCUT2D eigenvalue weighted by Crippen LogP contribution is 2.28. The number of rotatable bonds is 14. The topological polar surface area (TPSA) is 96.0 Å². The van der Waals surface area contributed by atoms with Gasteiger partial charge in [-0.25, -0.2) is 8.42 Å². The van der Waals surface area contributed by atoms with Crippen LogP contribution >= 0.6 is 0 Å². The van der Waals surface area contributed by atoms with Crippen LogP contribution in [0.5, 0.6) is 5.75 Å². The van der Waals surface area contributed by atoms with Gasteiger partial charge in [0.25, 0.3) is 10.0 Å². The molecule has 0 aliphatic rings. The number of methoxy groups -OCH3 is 1. The molecule has 0 unspecified atom stereocenters. The molecule has 3 aromatic carbocycles. The summed E-state index contributed by atoms with van der Waals surface area (Å²) in [6.07, 6.45) is 1.65. The summed E-state index contributed by atoms with van der Waals surface area (Å²) in [5.41, 5.74) is 2.22. The van der Waals surface area contributed by atoms with Crippen LogP contribution in [0.4, 0.5) is 5.69 Å². The molecule has 2 atom stereocenters. The fraction of sp³-hybridized carbons (Fsp3) is 0.375. The second-order valence-corrected chi connectivity index (χ2v) is 12.0. The smallest absolute Gasteiger partial charge is 0.264 e. The average molecular weight is 580 g/mol. The fourth-order valence-corrected chi connectivity index (χ4v) is 5.87. The fourth-order valence-electron chi connectivity index (χ4n) is 4.47. The molecule has 3 aromatic rings. The van der Waals surface area contributed by atoms with Crippen molar-refractivity contribution in [2.75, 3.05) is 24.5 Å². The van der Waals surface area contributed by atoms with Crippen LogP contribution in [0.15, 0.2) is 83.8 Å². The van der Waals surface area contributed by atoms with Crippen molar-refractivity contribution in [3.63, 3.8) is 0 Å². The summed E-state index contributed by atoms with van der Waals surface area (Å²) in [7, 11) is -2.64. The minimum atomic E-state index is -4.14. The van der Waals surface area contributed by atoms with E-state index in [1.54, 1.807) is 36.4 Å². The molecular formula is C32H41N3O5S. The third-order valence-electron chi connectivity index (χ3n) is 7.10. The summed E-state index contributed by atoms with van der Waals surface area (Å²) in [5.74, 6) is -0.262. The summed E-state index contributed by atoms with van der Waals surface area (Å²) in [4.78, 5) is 29.0. The van der Waals surface area contributed by atoms with E-state index in [-0.39, 0.29) is 23.4 Å². The van der Waals surface area contributed by atoms with Crippen LogP contribution in [0.3, 0.4) is 0 Å². The lowest BCUT2D eigenvalue weighted by Crippen LogP contribution is -2.54. The molecule has 0 aliphatic heterocycles. The molecular weight excluding hydrogens is 538 g/mol. The number of anilines is 1. The highest BCUT2D eigenvalue weighted by atomic mass is 32.2. The Morgan fingerprint density at radius 1 is 0.927 bits per heavy atom. The van der Waals surface area contributed by atoms with Crippen LogP contribution in [0.2, 0.25) is 0 Å². The van der Waals surface area contributed by atoms with E-state index in [4.69, 9.17) is 4.74 Å². The summed E-state index contributed by atoms with van der Waals surface area (Å²) in [6.45, 7) is 7.40. The van der Waals surface area contributed by atoms with Gasteiger partial charge in [-0.15, -0.1) is 0 Å². The lowest BCUT2D eigenvalue weighted by atomic mass is 10.1. The molecule has 0 spiro atoms. The summed E-state index contributed by atoms with van der Waals surface area (Å²) in [6, 6.07) is 22.0. The van der Waals surface area contributed by atoms with Crippen molar-refractivity contribution >= 4 is 27.5 Å². The maximum atomic E-state index is 14.1. The molecule has 1 N–H and O–H groups in total. The van der Waals surface area contributed by atoms with Crippen molar-refractivity contribution in [1.29, 1.82) is 0 Å². The van der Waals surface area contributed by atoms with Crippen LogP contribution in [-0.4, -0.2) is 57.4 Å². The Hall–Kier alpha value is -3.85. The van der Waals surface area contributed by atoms with Crippen LogP contribution in [-0.2, 0) is 26.0 Å². The second-order valence-electron chi connectivity index (χ2n) is 10.1. The Kier molecular flexibility index (Phi) is 11.3. The van der Waals surface area contributed by atoms with Gasteiger partial charge >= 0.3 is 0 Å². The number of aryl methyl sites for hydroxylation is 1. The second kappa shape index (κ2) is 14.7. The number of amides is 2. The van der Waals surface area contributed by atoms with Gasteiger partial charge in [-0.3, -0.25) is 13.9 Å². The number of hydrogen-bond acceptors (Lipinski definition) is 5. The van der Waals surface area contributed by atoms with E-state index in [1.165, 1.54) is 24.1 Å². The Bertz CT molecular complexity index is 1390. The van der Waals surface area contributed by atoms with Crippen molar-refractivity contribution in [3.05, 3.63) is 90.0 Å². The first kappa shape index (κ1) is 31.7. The monoisotopic (exact) mass is 579 g/mol. The first-order valence-electron chi connectivity index (χ1n) is 14.0. The third-order valence-corrected chi connectivity index (χ3v) is 8.89. The van der Waals surface area contributed by atoms with Gasteiger partial charge in [0.2, 0.25) is 11.8 Å². The van der Waals surface area contributed by atoms with Gasteiger partial charge in [0.15, 0.2) is 0 Å². The minimum absolute atomic E-state index is 0.0576. The molecule has 0 bridgehead atoms. The molecule has 0 radical (unpaired) electrons. The lowest BCUT2D eigenvalue weighted by Gasteiger charge is -2.33. The van der Waals surface area contributed by atoms with E-state index in [2.05, 4.69) is 5.32 Å². The Morgan fingerprint density at radius 2 is 1.61 bits per heavy atom. The van der Waals surface area contributed by atoms with Crippen molar-refractivity contribution in [3.8, 4) is 5.75 Å². The molecule has 3 rings (SSSR count). The molecule has 2 amide bonds. The van der Waals surface area contributed by atoms with Gasteiger partial charge in [0.05, 0.1) is 17.7 Å². The van der Waals surface area contributed by atoms with Crippen molar-refractivity contribution in [1.82, 2.24) is 10.2 Å². The molecule has 0 saturated heterocycles. The number of sulfonamides is 1. The van der Waals surface area contributed by atoms with Gasteiger partial charge in [-0.2, -0.15) is 0 Å². The maximum absolute atomic E-state index is 14.1. The number of nitrogens with one attached hydrogen (secondary N) is 1. The Labute approximate surface area is 244 Å². The van der Waals surface area contributed by atoms with Crippen molar-refractivity contribution in [2.45, 2.75) is 63.9 Å². The normalized spacial score (nSPS) is 12.7. The predicted molar refractivity (Wildman–Crippen MR) is 163 cm³/mol. The Morgan fingerprint density at radius 3 is 2.22 bits per heavy atom. The van der Waals surface area contributed by atoms with Gasteiger partial charge < -0.3 is 15.0 Å². The van der Waals surface area contributed by atoms with Crippen LogP contribution in [0.25, 0.3) is 0 Å². The van der Waals surface area contributed by atoms with Gasteiger partial charge in [0.1, 0.15) is 18.3 Å². The zero-order valence-electron chi connectivity index (χ0n) is 24.5. The molecule has 0 aromatic heterocycles. The highest BCUT2D eigenvalue weighted by Gasteiger charge is 2.33. The van der Waals surface area contributed by atoms with Gasteiger partial charge in [-0.05, 0) is 62.9 Å². The zero-order chi connectivity index (χ0) is 30.0. The number of carbonyl (C=O) groups excluding carboxylic acids is 2. The molecule has 0 fully saturated rings. The van der Waals surface area contributed by atoms with E-state index in [0.29, 0.717) is 24.3 Å². The average Bonchev–Trinajstić information content (AvgIpc) is 2.98. The lowest BCUT2D eigenvalue weighted by molar-refractivity contribution is -0.139. The third kappa shape index (κ3) is 8.33. The van der Waals surface area contributed by atoms with E-state index in [0.717, 1.165) is 21.9 Å². The summed E-state index contributed by atoms with van der Waals surface area (Å²) >= 11 is 0. The summed E-state index contributed by atoms with van der Waals surface area (Å²) < 4.78 is 34.4. The number of carbonyl (C=O) groups is 2. The molecule has 0 saturated carbocycles. The van der Waals surface area contributed by atoms with Crippen molar-refractivity contribution < 1.29 is 22.7 Å². The van der Waals surface area contributed by atoms with Gasteiger partial charge in [0, 0.05) is 18.7 Å². The van der Waals surface area contributed by atoms with Crippen LogP contribution < -0.4 is 14.4 Å². The molecule has 9 heteroatoms. The first-order chi connectivity index (χ1) is 19.6.